The third-order valence-corrected chi connectivity index (χ3v) is 8.49. The van der Waals surface area contributed by atoms with E-state index in [1.54, 1.807) is 43.3 Å². The highest BCUT2D eigenvalue weighted by Gasteiger charge is 2.32. The first kappa shape index (κ1) is 30.7. The predicted octanol–water partition coefficient (Wildman–Crippen LogP) is 4.84. The molecule has 1 N–H and O–H groups in total. The Labute approximate surface area is 238 Å². The normalized spacial score (nSPS) is 11.9. The molecule has 0 fully saturated rings. The molecule has 0 aliphatic heterocycles. The summed E-state index contributed by atoms with van der Waals surface area (Å²) >= 11 is 0. The zero-order valence-corrected chi connectivity index (χ0v) is 24.7. The van der Waals surface area contributed by atoms with E-state index < -0.39 is 28.5 Å². The van der Waals surface area contributed by atoms with E-state index in [1.165, 1.54) is 24.1 Å². The Morgan fingerprint density at radius 1 is 0.950 bits per heavy atom. The molecule has 0 saturated carbocycles. The lowest BCUT2D eigenvalue weighted by Gasteiger charge is -2.32. The van der Waals surface area contributed by atoms with Gasteiger partial charge in [0.05, 0.1) is 17.7 Å². The van der Waals surface area contributed by atoms with E-state index in [-0.39, 0.29) is 23.0 Å². The number of nitrogens with zero attached hydrogens (tertiary/aromatic N) is 2. The average Bonchev–Trinajstić information content (AvgIpc) is 2.95. The SMILES string of the molecule is CCCCNC(=O)[C@H](C)N(Cc1ccc(C)cc1)C(=O)CN(c1cccc(OC)c1)S(=O)(=O)c1ccc(C)cc1. The third kappa shape index (κ3) is 7.85. The van der Waals surface area contributed by atoms with Crippen molar-refractivity contribution >= 4 is 27.5 Å². The van der Waals surface area contributed by atoms with Crippen LogP contribution >= 0.6 is 0 Å². The van der Waals surface area contributed by atoms with E-state index in [2.05, 4.69) is 5.32 Å². The molecule has 1 atom stereocenters. The number of hydrogen-bond donors (Lipinski definition) is 1. The molecule has 0 radical (unpaired) electrons. The molecule has 0 heterocycles. The highest BCUT2D eigenvalue weighted by molar-refractivity contribution is 7.92. The molecule has 9 heteroatoms. The van der Waals surface area contributed by atoms with Gasteiger partial charge in [-0.3, -0.25) is 13.9 Å². The standard InChI is InChI=1S/C31H39N3O5S/c1-6-7-19-32-31(36)25(4)33(21-26-15-11-23(2)12-16-26)30(35)22-34(27-9-8-10-28(20-27)39-5)40(37,38)29-17-13-24(3)14-18-29/h8-18,20,25H,6-7,19,21-22H2,1-5H3,(H,32,36)/t25-/m0/s1. The van der Waals surface area contributed by atoms with Crippen molar-refractivity contribution in [3.05, 3.63) is 89.5 Å². The number of nitrogens with one attached hydrogen (secondary N) is 1. The van der Waals surface area contributed by atoms with E-state index in [1.807, 2.05) is 45.0 Å². The zero-order chi connectivity index (χ0) is 29.3. The lowest BCUT2D eigenvalue weighted by Crippen LogP contribution is -2.51. The van der Waals surface area contributed by atoms with Crippen LogP contribution in [0.15, 0.2) is 77.7 Å². The minimum Gasteiger partial charge on any atom is -0.497 e. The minimum absolute atomic E-state index is 0.0594. The molecule has 0 bridgehead atoms. The molecule has 0 spiro atoms. The van der Waals surface area contributed by atoms with Crippen LogP contribution in [0.3, 0.4) is 0 Å². The first-order valence-electron chi connectivity index (χ1n) is 13.4. The molecule has 8 nitrogen and oxygen atoms in total. The number of carbonyl (C=O) groups excluding carboxylic acids is 2. The molecule has 0 aliphatic carbocycles. The minimum atomic E-state index is -4.14. The summed E-state index contributed by atoms with van der Waals surface area (Å²) in [6, 6.07) is 19.9. The Hall–Kier alpha value is -3.85. The molecule has 3 aromatic carbocycles. The molecule has 3 aromatic rings. The van der Waals surface area contributed by atoms with E-state index in [9.17, 15) is 18.0 Å². The van der Waals surface area contributed by atoms with Crippen LogP contribution in [0, 0.1) is 13.8 Å². The number of ether oxygens (including phenoxy) is 1. The second-order valence-corrected chi connectivity index (χ2v) is 11.7. The second-order valence-electron chi connectivity index (χ2n) is 9.85. The summed E-state index contributed by atoms with van der Waals surface area (Å²) in [6.07, 6.45) is 1.75. The van der Waals surface area contributed by atoms with Gasteiger partial charge in [-0.15, -0.1) is 0 Å². The van der Waals surface area contributed by atoms with Gasteiger partial charge in [0.1, 0.15) is 18.3 Å². The number of amides is 2. The molecule has 3 rings (SSSR count). The fraction of sp³-hybridized carbons (Fsp3) is 0.355. The smallest absolute Gasteiger partial charge is 0.264 e. The number of benzene rings is 3. The number of sulfonamides is 1. The molecular weight excluding hydrogens is 526 g/mol. The Morgan fingerprint density at radius 3 is 2.17 bits per heavy atom. The largest absolute Gasteiger partial charge is 0.497 e. The van der Waals surface area contributed by atoms with Crippen LogP contribution in [-0.2, 0) is 26.2 Å². The van der Waals surface area contributed by atoms with Crippen molar-refractivity contribution in [3.8, 4) is 5.75 Å². The lowest BCUT2D eigenvalue weighted by atomic mass is 10.1. The highest BCUT2D eigenvalue weighted by Crippen LogP contribution is 2.28. The van der Waals surface area contributed by atoms with Gasteiger partial charge in [-0.2, -0.15) is 0 Å². The van der Waals surface area contributed by atoms with Crippen molar-refractivity contribution in [2.75, 3.05) is 24.5 Å². The van der Waals surface area contributed by atoms with Crippen molar-refractivity contribution < 1.29 is 22.7 Å². The van der Waals surface area contributed by atoms with E-state index >= 15 is 0 Å². The first-order chi connectivity index (χ1) is 19.1. The van der Waals surface area contributed by atoms with Gasteiger partial charge in [-0.25, -0.2) is 8.42 Å². The summed E-state index contributed by atoms with van der Waals surface area (Å²) < 4.78 is 34.2. The number of hydrogen-bond acceptors (Lipinski definition) is 5. The number of unbranched alkanes of at least 4 members (excludes halogenated alkanes) is 1. The maximum atomic E-state index is 14.0. The fourth-order valence-electron chi connectivity index (χ4n) is 4.14. The zero-order valence-electron chi connectivity index (χ0n) is 23.9. The number of carbonyl (C=O) groups is 2. The van der Waals surface area contributed by atoms with Crippen LogP contribution in [0.5, 0.6) is 5.75 Å². The van der Waals surface area contributed by atoms with Gasteiger partial charge in [0, 0.05) is 19.2 Å². The van der Waals surface area contributed by atoms with E-state index in [4.69, 9.17) is 4.74 Å². The highest BCUT2D eigenvalue weighted by atomic mass is 32.2. The van der Waals surface area contributed by atoms with Crippen molar-refractivity contribution in [1.29, 1.82) is 0 Å². The molecule has 0 aliphatic rings. The molecule has 0 saturated heterocycles. The summed E-state index contributed by atoms with van der Waals surface area (Å²) in [5, 5.41) is 2.89. The Morgan fingerprint density at radius 2 is 1.57 bits per heavy atom. The lowest BCUT2D eigenvalue weighted by molar-refractivity contribution is -0.139. The van der Waals surface area contributed by atoms with Crippen LogP contribution in [0.2, 0.25) is 0 Å². The average molecular weight is 566 g/mol. The van der Waals surface area contributed by atoms with Gasteiger partial charge < -0.3 is 15.0 Å². The van der Waals surface area contributed by atoms with Crippen molar-refractivity contribution in [2.24, 2.45) is 0 Å². The number of rotatable bonds is 13. The summed E-state index contributed by atoms with van der Waals surface area (Å²) in [6.45, 7) is 7.69. The van der Waals surface area contributed by atoms with Crippen LogP contribution < -0.4 is 14.4 Å². The maximum absolute atomic E-state index is 14.0. The van der Waals surface area contributed by atoms with Crippen molar-refractivity contribution in [3.63, 3.8) is 0 Å². The van der Waals surface area contributed by atoms with Gasteiger partial charge in [0.2, 0.25) is 11.8 Å². The number of methoxy groups -OCH3 is 1. The number of anilines is 1. The summed E-state index contributed by atoms with van der Waals surface area (Å²) in [5.74, 6) is -0.338. The summed E-state index contributed by atoms with van der Waals surface area (Å²) in [5.41, 5.74) is 3.10. The van der Waals surface area contributed by atoms with Gasteiger partial charge in [0.25, 0.3) is 10.0 Å². The van der Waals surface area contributed by atoms with Gasteiger partial charge >= 0.3 is 0 Å². The van der Waals surface area contributed by atoms with E-state index in [0.717, 1.165) is 33.8 Å². The molecule has 40 heavy (non-hydrogen) atoms. The molecule has 2 amide bonds. The Balaban J connectivity index is 2.01. The second kappa shape index (κ2) is 14.0. The van der Waals surface area contributed by atoms with Gasteiger partial charge in [-0.1, -0.05) is 66.9 Å². The summed E-state index contributed by atoms with van der Waals surface area (Å²) in [7, 11) is -2.65. The van der Waals surface area contributed by atoms with Crippen LogP contribution in [0.4, 0.5) is 5.69 Å². The van der Waals surface area contributed by atoms with Crippen molar-refractivity contribution in [1.82, 2.24) is 10.2 Å². The Bertz CT molecular complexity index is 1390. The van der Waals surface area contributed by atoms with Crippen molar-refractivity contribution in [2.45, 2.75) is 58.0 Å². The van der Waals surface area contributed by atoms with Gasteiger partial charge in [-0.05, 0) is 57.0 Å². The monoisotopic (exact) mass is 565 g/mol. The maximum Gasteiger partial charge on any atom is 0.264 e. The quantitative estimate of drug-likeness (QED) is 0.299. The third-order valence-electron chi connectivity index (χ3n) is 6.70. The first-order valence-corrected chi connectivity index (χ1v) is 14.9. The summed E-state index contributed by atoms with van der Waals surface area (Å²) in [4.78, 5) is 28.5. The van der Waals surface area contributed by atoms with Crippen LogP contribution in [-0.4, -0.2) is 51.4 Å². The molecular formula is C31H39N3O5S. The topological polar surface area (TPSA) is 96.0 Å². The Kier molecular flexibility index (Phi) is 10.7. The van der Waals surface area contributed by atoms with Crippen LogP contribution in [0.25, 0.3) is 0 Å². The van der Waals surface area contributed by atoms with E-state index in [0.29, 0.717) is 12.3 Å². The molecule has 214 valence electrons. The van der Waals surface area contributed by atoms with Gasteiger partial charge in [0.15, 0.2) is 0 Å². The fourth-order valence-corrected chi connectivity index (χ4v) is 5.55. The predicted molar refractivity (Wildman–Crippen MR) is 158 cm³/mol. The molecule has 0 unspecified atom stereocenters. The molecule has 0 aromatic heterocycles. The number of aryl methyl sites for hydroxylation is 2. The van der Waals surface area contributed by atoms with Crippen LogP contribution in [0.1, 0.15) is 43.4 Å².